The quantitative estimate of drug-likeness (QED) is 0.530. The molecule has 4 N–H and O–H groups in total. The molecule has 6 nitrogen and oxygen atoms in total. The molecular formula is C23H30O6S. The zero-order chi connectivity index (χ0) is 21.8. The molecule has 0 aromatic heterocycles. The highest BCUT2D eigenvalue weighted by Crippen LogP contribution is 2.46. The van der Waals surface area contributed by atoms with E-state index in [1.807, 2.05) is 50.2 Å². The number of thioether (sulfide) groups is 1. The topological polar surface area (TPSA) is 99.4 Å². The Hall–Kier alpha value is -1.77. The molecule has 0 aliphatic carbocycles. The van der Waals surface area contributed by atoms with E-state index in [-0.39, 0.29) is 6.61 Å². The van der Waals surface area contributed by atoms with E-state index in [0.29, 0.717) is 18.8 Å². The number of hydrogen-bond donors (Lipinski definition) is 4. The first-order valence-electron chi connectivity index (χ1n) is 10.1. The SMILES string of the molecule is CCOc1ccc(Cc2cc([C@@H]3S[C@H](CO)[C@@H](O)C(O)[C@H]3O)c(OC)cc2C)cc1. The number of benzene rings is 2. The summed E-state index contributed by atoms with van der Waals surface area (Å²) in [4.78, 5) is 0. The van der Waals surface area contributed by atoms with Crippen LogP contribution in [0, 0.1) is 6.92 Å². The van der Waals surface area contributed by atoms with Crippen molar-refractivity contribution in [2.75, 3.05) is 20.3 Å². The van der Waals surface area contributed by atoms with Crippen molar-refractivity contribution in [3.8, 4) is 11.5 Å². The molecule has 5 atom stereocenters. The van der Waals surface area contributed by atoms with Crippen molar-refractivity contribution < 1.29 is 29.9 Å². The van der Waals surface area contributed by atoms with Crippen LogP contribution in [0.2, 0.25) is 0 Å². The number of rotatable bonds is 7. The number of methoxy groups -OCH3 is 1. The van der Waals surface area contributed by atoms with Crippen LogP contribution in [0.1, 0.15) is 34.4 Å². The van der Waals surface area contributed by atoms with Crippen LogP contribution in [0.25, 0.3) is 0 Å². The first kappa shape index (κ1) is 22.9. The second-order valence-electron chi connectivity index (χ2n) is 7.52. The van der Waals surface area contributed by atoms with Crippen LogP contribution in [0.15, 0.2) is 36.4 Å². The molecule has 2 aromatic carbocycles. The first-order valence-corrected chi connectivity index (χ1v) is 11.0. The minimum absolute atomic E-state index is 0.292. The van der Waals surface area contributed by atoms with Gasteiger partial charge in [0.2, 0.25) is 0 Å². The van der Waals surface area contributed by atoms with Gasteiger partial charge in [-0.1, -0.05) is 18.2 Å². The van der Waals surface area contributed by atoms with Crippen LogP contribution in [0.3, 0.4) is 0 Å². The molecule has 0 radical (unpaired) electrons. The van der Waals surface area contributed by atoms with Crippen molar-refractivity contribution >= 4 is 11.8 Å². The Morgan fingerprint density at radius 1 is 1.00 bits per heavy atom. The molecule has 3 rings (SSSR count). The smallest absolute Gasteiger partial charge is 0.123 e. The highest BCUT2D eigenvalue weighted by atomic mass is 32.2. The summed E-state index contributed by atoms with van der Waals surface area (Å²) in [7, 11) is 1.57. The second kappa shape index (κ2) is 10.0. The average molecular weight is 435 g/mol. The highest BCUT2D eigenvalue weighted by Gasteiger charge is 2.44. The summed E-state index contributed by atoms with van der Waals surface area (Å²) in [5.41, 5.74) is 3.99. The third-order valence-corrected chi connectivity index (χ3v) is 7.12. The van der Waals surface area contributed by atoms with Gasteiger partial charge in [0.05, 0.1) is 43.0 Å². The minimum Gasteiger partial charge on any atom is -0.496 e. The predicted molar refractivity (Wildman–Crippen MR) is 117 cm³/mol. The molecule has 1 heterocycles. The second-order valence-corrected chi connectivity index (χ2v) is 8.91. The average Bonchev–Trinajstić information content (AvgIpc) is 2.75. The van der Waals surface area contributed by atoms with E-state index < -0.39 is 28.8 Å². The van der Waals surface area contributed by atoms with Gasteiger partial charge < -0.3 is 29.9 Å². The molecule has 7 heteroatoms. The van der Waals surface area contributed by atoms with Gasteiger partial charge in [-0.25, -0.2) is 0 Å². The van der Waals surface area contributed by atoms with Gasteiger partial charge in [-0.05, 0) is 55.2 Å². The number of aliphatic hydroxyl groups excluding tert-OH is 4. The molecule has 1 saturated heterocycles. The Morgan fingerprint density at radius 3 is 2.30 bits per heavy atom. The molecule has 1 aliphatic heterocycles. The monoisotopic (exact) mass is 434 g/mol. The lowest BCUT2D eigenvalue weighted by atomic mass is 9.92. The lowest BCUT2D eigenvalue weighted by Gasteiger charge is -2.40. The van der Waals surface area contributed by atoms with Crippen molar-refractivity contribution in [2.24, 2.45) is 0 Å². The fourth-order valence-electron chi connectivity index (χ4n) is 3.78. The van der Waals surface area contributed by atoms with Gasteiger partial charge in [-0.2, -0.15) is 0 Å². The zero-order valence-electron chi connectivity index (χ0n) is 17.5. The van der Waals surface area contributed by atoms with Crippen LogP contribution in [0.4, 0.5) is 0 Å². The summed E-state index contributed by atoms with van der Waals surface area (Å²) in [5, 5.41) is 39.5. The molecule has 1 fully saturated rings. The lowest BCUT2D eigenvalue weighted by molar-refractivity contribution is -0.0701. The van der Waals surface area contributed by atoms with E-state index in [2.05, 4.69) is 0 Å². The Morgan fingerprint density at radius 2 is 1.70 bits per heavy atom. The Kier molecular flexibility index (Phi) is 7.65. The summed E-state index contributed by atoms with van der Waals surface area (Å²) < 4.78 is 11.1. The molecule has 1 aliphatic rings. The maximum atomic E-state index is 10.6. The van der Waals surface area contributed by atoms with Gasteiger partial charge in [-0.15, -0.1) is 11.8 Å². The molecule has 164 valence electrons. The largest absolute Gasteiger partial charge is 0.496 e. The van der Waals surface area contributed by atoms with E-state index >= 15 is 0 Å². The number of ether oxygens (including phenoxy) is 2. The van der Waals surface area contributed by atoms with E-state index in [1.165, 1.54) is 11.8 Å². The van der Waals surface area contributed by atoms with Crippen LogP contribution in [-0.2, 0) is 6.42 Å². The molecule has 0 spiro atoms. The molecular weight excluding hydrogens is 404 g/mol. The molecule has 0 bridgehead atoms. The standard InChI is InChI=1S/C23H30O6S/c1-4-29-16-7-5-14(6-8-16)10-15-11-17(18(28-3)9-13(15)2)23-22(27)21(26)20(25)19(12-24)30-23/h5-9,11,19-27H,4,10,12H2,1-3H3/t19-,20-,21?,22-,23+/m1/s1. The summed E-state index contributed by atoms with van der Waals surface area (Å²) >= 11 is 1.26. The number of aliphatic hydroxyl groups is 4. The van der Waals surface area contributed by atoms with E-state index in [1.54, 1.807) is 7.11 Å². The van der Waals surface area contributed by atoms with Gasteiger partial charge >= 0.3 is 0 Å². The third kappa shape index (κ3) is 4.76. The van der Waals surface area contributed by atoms with Gasteiger partial charge in [0.15, 0.2) is 0 Å². The Bertz CT molecular complexity index is 838. The van der Waals surface area contributed by atoms with Crippen molar-refractivity contribution in [3.05, 3.63) is 58.7 Å². The van der Waals surface area contributed by atoms with Crippen LogP contribution < -0.4 is 9.47 Å². The summed E-state index contributed by atoms with van der Waals surface area (Å²) in [6.45, 7) is 4.29. The summed E-state index contributed by atoms with van der Waals surface area (Å²) in [6.07, 6.45) is -3.01. The maximum absolute atomic E-state index is 10.6. The van der Waals surface area contributed by atoms with Crippen molar-refractivity contribution in [1.29, 1.82) is 0 Å². The van der Waals surface area contributed by atoms with Gasteiger partial charge in [0.25, 0.3) is 0 Å². The number of hydrogen-bond acceptors (Lipinski definition) is 7. The molecule has 1 unspecified atom stereocenters. The summed E-state index contributed by atoms with van der Waals surface area (Å²) in [6, 6.07) is 11.9. The minimum atomic E-state index is -1.34. The van der Waals surface area contributed by atoms with Crippen LogP contribution in [-0.4, -0.2) is 64.3 Å². The molecule has 0 amide bonds. The van der Waals surface area contributed by atoms with Crippen molar-refractivity contribution in [3.63, 3.8) is 0 Å². The zero-order valence-corrected chi connectivity index (χ0v) is 18.3. The first-order chi connectivity index (χ1) is 14.4. The van der Waals surface area contributed by atoms with Crippen LogP contribution >= 0.6 is 11.8 Å². The van der Waals surface area contributed by atoms with Gasteiger partial charge in [0.1, 0.15) is 17.6 Å². The molecule has 2 aromatic rings. The van der Waals surface area contributed by atoms with Crippen LogP contribution in [0.5, 0.6) is 11.5 Å². The summed E-state index contributed by atoms with van der Waals surface area (Å²) in [5.74, 6) is 1.44. The molecule has 0 saturated carbocycles. The fourth-order valence-corrected chi connectivity index (χ4v) is 5.22. The van der Waals surface area contributed by atoms with E-state index in [0.717, 1.165) is 28.0 Å². The van der Waals surface area contributed by atoms with E-state index in [9.17, 15) is 20.4 Å². The highest BCUT2D eigenvalue weighted by molar-refractivity contribution is 8.00. The van der Waals surface area contributed by atoms with Gasteiger partial charge in [0, 0.05) is 5.56 Å². The van der Waals surface area contributed by atoms with Gasteiger partial charge in [-0.3, -0.25) is 0 Å². The van der Waals surface area contributed by atoms with Crippen molar-refractivity contribution in [2.45, 2.75) is 49.1 Å². The maximum Gasteiger partial charge on any atom is 0.123 e. The van der Waals surface area contributed by atoms with E-state index in [4.69, 9.17) is 9.47 Å². The number of aryl methyl sites for hydroxylation is 1. The fraction of sp³-hybridized carbons (Fsp3) is 0.478. The third-order valence-electron chi connectivity index (χ3n) is 5.52. The van der Waals surface area contributed by atoms with Crippen molar-refractivity contribution in [1.82, 2.24) is 0 Å². The predicted octanol–water partition coefficient (Wildman–Crippen LogP) is 2.22. The normalized spacial score (nSPS) is 26.4. The molecule has 30 heavy (non-hydrogen) atoms. The lowest BCUT2D eigenvalue weighted by Crippen LogP contribution is -2.51. The Balaban J connectivity index is 1.93. The Labute approximate surface area is 181 Å².